The van der Waals surface area contributed by atoms with E-state index in [1.54, 1.807) is 6.92 Å². The third-order valence-electron chi connectivity index (χ3n) is 8.69. The lowest BCUT2D eigenvalue weighted by molar-refractivity contribution is -0.145. The number of hydrogen-bond acceptors (Lipinski definition) is 3. The Kier molecular flexibility index (Phi) is 3.85. The predicted molar refractivity (Wildman–Crippen MR) is 96.8 cm³/mol. The molecule has 3 saturated carbocycles. The van der Waals surface area contributed by atoms with Crippen LogP contribution in [0.25, 0.3) is 0 Å². The van der Waals surface area contributed by atoms with Crippen molar-refractivity contribution in [2.24, 2.45) is 40.4 Å². The molecule has 0 spiro atoms. The van der Waals surface area contributed by atoms with E-state index in [-0.39, 0.29) is 40.5 Å². The molecule has 0 heterocycles. The summed E-state index contributed by atoms with van der Waals surface area (Å²) in [4.78, 5) is 24.4. The first kappa shape index (κ1) is 17.5. The molecular formula is C22H32O3. The Morgan fingerprint density at radius 1 is 1.20 bits per heavy atom. The molecular weight excluding hydrogens is 312 g/mol. The smallest absolute Gasteiger partial charge is 0.158 e. The van der Waals surface area contributed by atoms with Gasteiger partial charge in [0.25, 0.3) is 0 Å². The maximum atomic E-state index is 12.2. The number of Topliss-reactive ketones (excluding diaryl/α,β-unsaturated/α-hetero) is 1. The Labute approximate surface area is 151 Å². The van der Waals surface area contributed by atoms with Gasteiger partial charge in [0.2, 0.25) is 0 Å². The van der Waals surface area contributed by atoms with Gasteiger partial charge < -0.3 is 5.11 Å². The zero-order valence-electron chi connectivity index (χ0n) is 16.0. The van der Waals surface area contributed by atoms with Gasteiger partial charge in [-0.2, -0.15) is 0 Å². The minimum Gasteiger partial charge on any atom is -0.393 e. The average Bonchev–Trinajstić information content (AvgIpc) is 2.85. The third-order valence-corrected chi connectivity index (χ3v) is 8.69. The molecule has 138 valence electrons. The number of ketones is 2. The number of carbonyl (C=O) groups excluding carboxylic acids is 2. The minimum atomic E-state index is -0.361. The lowest BCUT2D eigenvalue weighted by Crippen LogP contribution is -2.57. The topological polar surface area (TPSA) is 54.4 Å². The molecule has 0 radical (unpaired) electrons. The van der Waals surface area contributed by atoms with Crippen LogP contribution in [0.4, 0.5) is 0 Å². The van der Waals surface area contributed by atoms with Crippen LogP contribution in [0.3, 0.4) is 0 Å². The maximum absolute atomic E-state index is 12.2. The van der Waals surface area contributed by atoms with Crippen LogP contribution in [0, 0.1) is 40.4 Å². The van der Waals surface area contributed by atoms with Gasteiger partial charge in [-0.15, -0.1) is 0 Å². The molecule has 0 aromatic carbocycles. The standard InChI is InChI=1S/C22H32O3/c1-12-10-21(3)14(9-18(12)24)5-6-15-17-8-7-16(13(2)23)22(17,4)11-19(25)20(15)21/h9,12,15-17,19-20,25H,5-8,10-11H2,1-4H3/t12?,15-,16+,17-,19?,20+,21-,22+/m0/s1. The molecule has 4 aliphatic rings. The summed E-state index contributed by atoms with van der Waals surface area (Å²) in [5.74, 6) is 2.01. The number of rotatable bonds is 1. The van der Waals surface area contributed by atoms with Gasteiger partial charge in [-0.3, -0.25) is 9.59 Å². The van der Waals surface area contributed by atoms with Crippen LogP contribution in [0.5, 0.6) is 0 Å². The fourth-order valence-electron chi connectivity index (χ4n) is 7.70. The highest BCUT2D eigenvalue weighted by Gasteiger charge is 2.62. The van der Waals surface area contributed by atoms with Crippen LogP contribution in [0.2, 0.25) is 0 Å². The molecule has 8 atom stereocenters. The fourth-order valence-corrected chi connectivity index (χ4v) is 7.70. The molecule has 25 heavy (non-hydrogen) atoms. The van der Waals surface area contributed by atoms with E-state index >= 15 is 0 Å². The number of hydrogen-bond donors (Lipinski definition) is 1. The monoisotopic (exact) mass is 344 g/mol. The SMILES string of the molecule is CC(=O)[C@H]1CC[C@H]2[C@@H]3CCC4=CC(=O)C(C)C[C@]4(C)[C@H]3C(O)C[C@]12C. The highest BCUT2D eigenvalue weighted by atomic mass is 16.3. The molecule has 2 unspecified atom stereocenters. The molecule has 3 heteroatoms. The summed E-state index contributed by atoms with van der Waals surface area (Å²) in [7, 11) is 0. The molecule has 0 aromatic rings. The predicted octanol–water partition coefficient (Wildman–Crippen LogP) is 3.94. The summed E-state index contributed by atoms with van der Waals surface area (Å²) >= 11 is 0. The van der Waals surface area contributed by atoms with E-state index in [0.717, 1.165) is 38.5 Å². The Bertz CT molecular complexity index is 650. The number of carbonyl (C=O) groups is 2. The van der Waals surface area contributed by atoms with Crippen molar-refractivity contribution in [2.45, 2.75) is 72.3 Å². The quantitative estimate of drug-likeness (QED) is 0.784. The maximum Gasteiger partial charge on any atom is 0.158 e. The highest BCUT2D eigenvalue weighted by molar-refractivity contribution is 5.93. The van der Waals surface area contributed by atoms with Gasteiger partial charge in [0, 0.05) is 11.8 Å². The van der Waals surface area contributed by atoms with E-state index in [2.05, 4.69) is 13.8 Å². The first-order valence-corrected chi connectivity index (χ1v) is 10.1. The minimum absolute atomic E-state index is 0.0416. The fraction of sp³-hybridized carbons (Fsp3) is 0.818. The zero-order chi connectivity index (χ0) is 18.1. The molecule has 0 amide bonds. The van der Waals surface area contributed by atoms with Gasteiger partial charge in [0.15, 0.2) is 5.78 Å². The third kappa shape index (κ3) is 2.27. The van der Waals surface area contributed by atoms with Crippen LogP contribution in [-0.4, -0.2) is 22.8 Å². The second-order valence-corrected chi connectivity index (χ2v) is 9.95. The summed E-state index contributed by atoms with van der Waals surface area (Å²) in [6.45, 7) is 8.32. The summed E-state index contributed by atoms with van der Waals surface area (Å²) in [5.41, 5.74) is 1.19. The van der Waals surface area contributed by atoms with E-state index in [9.17, 15) is 14.7 Å². The Morgan fingerprint density at radius 3 is 2.60 bits per heavy atom. The number of fused-ring (bicyclic) bond motifs is 5. The largest absolute Gasteiger partial charge is 0.393 e. The van der Waals surface area contributed by atoms with Crippen molar-refractivity contribution in [1.82, 2.24) is 0 Å². The summed E-state index contributed by atoms with van der Waals surface area (Å²) in [6, 6.07) is 0. The van der Waals surface area contributed by atoms with Crippen molar-refractivity contribution in [3.8, 4) is 0 Å². The van der Waals surface area contributed by atoms with Crippen LogP contribution in [0.1, 0.15) is 66.2 Å². The summed E-state index contributed by atoms with van der Waals surface area (Å²) in [5, 5.41) is 11.2. The molecule has 0 aromatic heterocycles. The Balaban J connectivity index is 1.73. The molecule has 3 nitrogen and oxygen atoms in total. The molecule has 3 fully saturated rings. The van der Waals surface area contributed by atoms with E-state index in [0.29, 0.717) is 17.6 Å². The number of allylic oxidation sites excluding steroid dienone is 1. The summed E-state index contributed by atoms with van der Waals surface area (Å²) in [6.07, 6.45) is 7.32. The van der Waals surface area contributed by atoms with Crippen LogP contribution in [-0.2, 0) is 9.59 Å². The second kappa shape index (κ2) is 5.52. The Hall–Kier alpha value is -0.960. The molecule has 0 aliphatic heterocycles. The van der Waals surface area contributed by atoms with Crippen LogP contribution < -0.4 is 0 Å². The number of aliphatic hydroxyl groups excluding tert-OH is 1. The normalized spacial score (nSPS) is 52.0. The van der Waals surface area contributed by atoms with Crippen molar-refractivity contribution in [2.75, 3.05) is 0 Å². The van der Waals surface area contributed by atoms with Crippen molar-refractivity contribution in [3.63, 3.8) is 0 Å². The van der Waals surface area contributed by atoms with E-state index in [1.807, 2.05) is 13.0 Å². The Morgan fingerprint density at radius 2 is 1.92 bits per heavy atom. The van der Waals surface area contributed by atoms with Gasteiger partial charge >= 0.3 is 0 Å². The molecule has 0 saturated heterocycles. The van der Waals surface area contributed by atoms with E-state index in [1.165, 1.54) is 5.57 Å². The van der Waals surface area contributed by atoms with Crippen LogP contribution in [0.15, 0.2) is 11.6 Å². The second-order valence-electron chi connectivity index (χ2n) is 9.95. The van der Waals surface area contributed by atoms with Gasteiger partial charge in [-0.1, -0.05) is 26.3 Å². The van der Waals surface area contributed by atoms with Crippen molar-refractivity contribution in [3.05, 3.63) is 11.6 Å². The molecule has 4 rings (SSSR count). The average molecular weight is 344 g/mol. The van der Waals surface area contributed by atoms with Crippen molar-refractivity contribution in [1.29, 1.82) is 0 Å². The van der Waals surface area contributed by atoms with E-state index in [4.69, 9.17) is 0 Å². The molecule has 4 aliphatic carbocycles. The molecule has 0 bridgehead atoms. The van der Waals surface area contributed by atoms with Gasteiger partial charge in [0.1, 0.15) is 5.78 Å². The summed E-state index contributed by atoms with van der Waals surface area (Å²) < 4.78 is 0. The lowest BCUT2D eigenvalue weighted by Gasteiger charge is -2.60. The molecule has 1 N–H and O–H groups in total. The lowest BCUT2D eigenvalue weighted by atomic mass is 9.45. The van der Waals surface area contributed by atoms with Crippen molar-refractivity contribution >= 4 is 11.6 Å². The van der Waals surface area contributed by atoms with E-state index < -0.39 is 0 Å². The van der Waals surface area contributed by atoms with Crippen LogP contribution >= 0.6 is 0 Å². The van der Waals surface area contributed by atoms with Gasteiger partial charge in [0.05, 0.1) is 6.10 Å². The first-order valence-electron chi connectivity index (χ1n) is 10.1. The first-order chi connectivity index (χ1) is 11.7. The number of aliphatic hydroxyl groups is 1. The zero-order valence-corrected chi connectivity index (χ0v) is 16.0. The highest BCUT2D eigenvalue weighted by Crippen LogP contribution is 2.66. The van der Waals surface area contributed by atoms with Gasteiger partial charge in [-0.25, -0.2) is 0 Å². The van der Waals surface area contributed by atoms with Crippen molar-refractivity contribution < 1.29 is 14.7 Å². The van der Waals surface area contributed by atoms with Gasteiger partial charge in [-0.05, 0) is 80.1 Å².